The number of aliphatic hydroxyl groups excluding tert-OH is 4. The van der Waals surface area contributed by atoms with E-state index in [1.165, 1.54) is 0 Å². The second-order valence-electron chi connectivity index (χ2n) is 6.54. The van der Waals surface area contributed by atoms with Gasteiger partial charge in [0, 0.05) is 5.92 Å². The lowest BCUT2D eigenvalue weighted by Crippen LogP contribution is -2.50. The van der Waals surface area contributed by atoms with Crippen LogP contribution in [0, 0.1) is 10.8 Å². The first kappa shape index (κ1) is 17.1. The van der Waals surface area contributed by atoms with Gasteiger partial charge in [-0.15, -0.1) is 0 Å². The highest BCUT2D eigenvalue weighted by Crippen LogP contribution is 2.43. The second kappa shape index (κ2) is 6.68. The van der Waals surface area contributed by atoms with Crippen LogP contribution in [0.3, 0.4) is 0 Å². The Kier molecular flexibility index (Phi) is 5.71. The molecule has 0 radical (unpaired) electrons. The average molecular weight is 282 g/mol. The molecule has 0 aliphatic carbocycles. The Balaban J connectivity index is 3.25. The van der Waals surface area contributed by atoms with Crippen LogP contribution in [-0.2, 0) is 0 Å². The molecular formula is C16H26O4. The van der Waals surface area contributed by atoms with Crippen LogP contribution in [0.25, 0.3) is 0 Å². The molecule has 0 aliphatic rings. The van der Waals surface area contributed by atoms with Crippen LogP contribution in [0.5, 0.6) is 0 Å². The molecule has 0 saturated heterocycles. The topological polar surface area (TPSA) is 80.9 Å². The molecule has 0 aromatic heterocycles. The lowest BCUT2D eigenvalue weighted by Gasteiger charge is -2.43. The van der Waals surface area contributed by atoms with Crippen molar-refractivity contribution in [3.63, 3.8) is 0 Å². The zero-order valence-electron chi connectivity index (χ0n) is 12.5. The Morgan fingerprint density at radius 1 is 0.900 bits per heavy atom. The van der Waals surface area contributed by atoms with Crippen LogP contribution >= 0.6 is 0 Å². The van der Waals surface area contributed by atoms with E-state index >= 15 is 0 Å². The van der Waals surface area contributed by atoms with E-state index in [-0.39, 0.29) is 11.3 Å². The SMILES string of the molecule is CC(C)(C)C(c1ccccc1)C(O)C(CO)(CO)CO. The lowest BCUT2D eigenvalue weighted by molar-refractivity contribution is -0.106. The highest BCUT2D eigenvalue weighted by Gasteiger charge is 2.45. The first-order valence-electron chi connectivity index (χ1n) is 6.88. The zero-order valence-corrected chi connectivity index (χ0v) is 12.5. The molecule has 1 aromatic rings. The summed E-state index contributed by atoms with van der Waals surface area (Å²) in [6.45, 7) is 4.56. The van der Waals surface area contributed by atoms with Crippen LogP contribution < -0.4 is 0 Å². The maximum Gasteiger partial charge on any atom is 0.0736 e. The Bertz CT molecular complexity index is 384. The summed E-state index contributed by atoms with van der Waals surface area (Å²) in [6.07, 6.45) is -1.05. The van der Waals surface area contributed by atoms with Gasteiger partial charge in [0.25, 0.3) is 0 Å². The van der Waals surface area contributed by atoms with Gasteiger partial charge < -0.3 is 20.4 Å². The van der Waals surface area contributed by atoms with Crippen molar-refractivity contribution < 1.29 is 20.4 Å². The third-order valence-corrected chi connectivity index (χ3v) is 3.98. The van der Waals surface area contributed by atoms with Crippen molar-refractivity contribution in [1.82, 2.24) is 0 Å². The summed E-state index contributed by atoms with van der Waals surface area (Å²) in [4.78, 5) is 0. The first-order valence-corrected chi connectivity index (χ1v) is 6.88. The van der Waals surface area contributed by atoms with Gasteiger partial charge in [-0.05, 0) is 11.0 Å². The Labute approximate surface area is 120 Å². The van der Waals surface area contributed by atoms with Crippen molar-refractivity contribution in [3.05, 3.63) is 35.9 Å². The minimum atomic E-state index is -1.31. The molecule has 2 unspecified atom stereocenters. The molecule has 0 saturated carbocycles. The largest absolute Gasteiger partial charge is 0.396 e. The van der Waals surface area contributed by atoms with Gasteiger partial charge in [0.2, 0.25) is 0 Å². The molecule has 2 atom stereocenters. The van der Waals surface area contributed by atoms with Crippen LogP contribution in [0.4, 0.5) is 0 Å². The summed E-state index contributed by atoms with van der Waals surface area (Å²) in [6, 6.07) is 9.50. The summed E-state index contributed by atoms with van der Waals surface area (Å²) >= 11 is 0. The van der Waals surface area contributed by atoms with Gasteiger partial charge in [0.15, 0.2) is 0 Å². The monoisotopic (exact) mass is 282 g/mol. The molecule has 1 aromatic carbocycles. The van der Waals surface area contributed by atoms with E-state index in [2.05, 4.69) is 0 Å². The minimum Gasteiger partial charge on any atom is -0.396 e. The third kappa shape index (κ3) is 3.38. The molecule has 0 fully saturated rings. The maximum atomic E-state index is 10.7. The summed E-state index contributed by atoms with van der Waals surface area (Å²) in [5, 5.41) is 39.3. The van der Waals surface area contributed by atoms with Crippen LogP contribution in [0.2, 0.25) is 0 Å². The van der Waals surface area contributed by atoms with Crippen molar-refractivity contribution in [2.45, 2.75) is 32.8 Å². The third-order valence-electron chi connectivity index (χ3n) is 3.98. The van der Waals surface area contributed by atoms with E-state index in [0.29, 0.717) is 0 Å². The number of aliphatic hydroxyl groups is 4. The van der Waals surface area contributed by atoms with Crippen molar-refractivity contribution >= 4 is 0 Å². The molecule has 4 nitrogen and oxygen atoms in total. The quantitative estimate of drug-likeness (QED) is 0.631. The fourth-order valence-electron chi connectivity index (χ4n) is 2.60. The van der Waals surface area contributed by atoms with Gasteiger partial charge in [-0.3, -0.25) is 0 Å². The molecule has 1 rings (SSSR count). The standard InChI is InChI=1S/C16H26O4/c1-15(2,3)13(12-7-5-4-6-8-12)14(20)16(9-17,10-18)11-19/h4-8,13-14,17-20H,9-11H2,1-3H3. The summed E-state index contributed by atoms with van der Waals surface area (Å²) in [5.74, 6) is -0.310. The van der Waals surface area contributed by atoms with E-state index in [9.17, 15) is 20.4 Å². The number of benzene rings is 1. The summed E-state index contributed by atoms with van der Waals surface area (Å²) in [5.41, 5.74) is -0.675. The zero-order chi connectivity index (χ0) is 15.4. The van der Waals surface area contributed by atoms with Gasteiger partial charge in [0.1, 0.15) is 0 Å². The smallest absolute Gasteiger partial charge is 0.0736 e. The van der Waals surface area contributed by atoms with Gasteiger partial charge in [0.05, 0.1) is 31.3 Å². The van der Waals surface area contributed by atoms with E-state index < -0.39 is 31.3 Å². The number of hydrogen-bond donors (Lipinski definition) is 4. The minimum absolute atomic E-state index is 0.286. The fourth-order valence-corrected chi connectivity index (χ4v) is 2.60. The predicted octanol–water partition coefficient (Wildman–Crippen LogP) is 1.14. The van der Waals surface area contributed by atoms with Crippen molar-refractivity contribution in [1.29, 1.82) is 0 Å². The molecule has 0 bridgehead atoms. The summed E-state index contributed by atoms with van der Waals surface area (Å²) < 4.78 is 0. The van der Waals surface area contributed by atoms with Crippen LogP contribution in [0.1, 0.15) is 32.3 Å². The molecule has 0 amide bonds. The number of hydrogen-bond acceptors (Lipinski definition) is 4. The molecule has 0 heterocycles. The van der Waals surface area contributed by atoms with E-state index in [4.69, 9.17) is 0 Å². The average Bonchev–Trinajstić information content (AvgIpc) is 2.41. The Morgan fingerprint density at radius 2 is 1.35 bits per heavy atom. The summed E-state index contributed by atoms with van der Waals surface area (Å²) in [7, 11) is 0. The van der Waals surface area contributed by atoms with E-state index in [0.717, 1.165) is 5.56 Å². The Morgan fingerprint density at radius 3 is 1.70 bits per heavy atom. The van der Waals surface area contributed by atoms with Gasteiger partial charge in [-0.1, -0.05) is 51.1 Å². The second-order valence-corrected chi connectivity index (χ2v) is 6.54. The molecule has 0 aliphatic heterocycles. The predicted molar refractivity (Wildman–Crippen MR) is 78.3 cm³/mol. The molecular weight excluding hydrogens is 256 g/mol. The van der Waals surface area contributed by atoms with Crippen molar-refractivity contribution in [2.24, 2.45) is 10.8 Å². The van der Waals surface area contributed by atoms with Gasteiger partial charge >= 0.3 is 0 Å². The highest BCUT2D eigenvalue weighted by atomic mass is 16.3. The van der Waals surface area contributed by atoms with E-state index in [1.807, 2.05) is 51.1 Å². The van der Waals surface area contributed by atoms with Crippen LogP contribution in [0.15, 0.2) is 30.3 Å². The molecule has 0 spiro atoms. The van der Waals surface area contributed by atoms with Gasteiger partial charge in [-0.25, -0.2) is 0 Å². The highest BCUT2D eigenvalue weighted by molar-refractivity contribution is 5.24. The number of rotatable bonds is 6. The maximum absolute atomic E-state index is 10.7. The molecule has 20 heavy (non-hydrogen) atoms. The molecule has 4 N–H and O–H groups in total. The normalized spacial score (nSPS) is 15.9. The lowest BCUT2D eigenvalue weighted by atomic mass is 9.66. The van der Waals surface area contributed by atoms with Crippen LogP contribution in [-0.4, -0.2) is 46.4 Å². The van der Waals surface area contributed by atoms with E-state index in [1.54, 1.807) is 0 Å². The fraction of sp³-hybridized carbons (Fsp3) is 0.625. The Hall–Kier alpha value is -0.940. The first-order chi connectivity index (χ1) is 9.32. The van der Waals surface area contributed by atoms with Crippen molar-refractivity contribution in [2.75, 3.05) is 19.8 Å². The molecule has 114 valence electrons. The van der Waals surface area contributed by atoms with Crippen molar-refractivity contribution in [3.8, 4) is 0 Å². The van der Waals surface area contributed by atoms with Gasteiger partial charge in [-0.2, -0.15) is 0 Å². The molecule has 4 heteroatoms.